The van der Waals surface area contributed by atoms with Crippen LogP contribution in [-0.4, -0.2) is 59.0 Å². The molecule has 0 fully saturated rings. The molecular weight excluding hydrogens is 441 g/mol. The Morgan fingerprint density at radius 1 is 1.12 bits per heavy atom. The third kappa shape index (κ3) is 3.76. The molecule has 0 bridgehead atoms. The molecule has 1 amide bonds. The maximum atomic E-state index is 14.9. The van der Waals surface area contributed by atoms with Crippen molar-refractivity contribution < 1.29 is 13.6 Å². The maximum Gasteiger partial charge on any atom is 0.267 e. The van der Waals surface area contributed by atoms with Crippen molar-refractivity contribution in [2.45, 2.75) is 38.0 Å². The number of benzene rings is 1. The average molecular weight is 461 g/mol. The van der Waals surface area contributed by atoms with E-state index in [-0.39, 0.29) is 18.5 Å². The van der Waals surface area contributed by atoms with Gasteiger partial charge in [0.15, 0.2) is 0 Å². The molecule has 2 aliphatic rings. The van der Waals surface area contributed by atoms with Gasteiger partial charge in [0.05, 0.1) is 17.8 Å². The molecule has 2 N–H and O–H groups in total. The Hall–Kier alpha value is -4.22. The summed E-state index contributed by atoms with van der Waals surface area (Å²) in [6, 6.07) is 8.57. The van der Waals surface area contributed by atoms with Crippen LogP contribution in [0.3, 0.4) is 0 Å². The van der Waals surface area contributed by atoms with Crippen LogP contribution in [0.4, 0.5) is 10.3 Å². The Balaban J connectivity index is 1.10. The lowest BCUT2D eigenvalue weighted by atomic mass is 10.1. The summed E-state index contributed by atoms with van der Waals surface area (Å²) in [4.78, 5) is 22.6. The van der Waals surface area contributed by atoms with E-state index in [1.807, 2.05) is 12.1 Å². The quantitative estimate of drug-likeness (QED) is 0.456. The standard InChI is InChI=1S/C22H20FN9O2/c23-18(21(33)32-6-5-16-17(11-32)28-31-27-16)20-30-29-19(34-20)14-9-24-22(25-10-14)26-15-7-12-3-1-2-4-13(12)8-15/h1-4,9-10,15,18H,5-8,11H2,(H,24,25,26)(H,27,28,31). The third-order valence-corrected chi connectivity index (χ3v) is 6.13. The number of rotatable bonds is 5. The van der Waals surface area contributed by atoms with Crippen LogP contribution in [0.5, 0.6) is 0 Å². The summed E-state index contributed by atoms with van der Waals surface area (Å²) in [6.07, 6.45) is 3.32. The van der Waals surface area contributed by atoms with Gasteiger partial charge in [0.1, 0.15) is 5.69 Å². The fraction of sp³-hybridized carbons (Fsp3) is 0.318. The number of halogens is 1. The Morgan fingerprint density at radius 2 is 1.85 bits per heavy atom. The van der Waals surface area contributed by atoms with Crippen LogP contribution in [0, 0.1) is 0 Å². The number of carbonyl (C=O) groups excluding carboxylic acids is 1. The smallest absolute Gasteiger partial charge is 0.267 e. The first-order valence-corrected chi connectivity index (χ1v) is 10.9. The SMILES string of the molecule is O=C(C(F)c1nnc(-c2cnc(NC3Cc4ccccc4C3)nc2)o1)N1CCc2n[nH]nc2C1. The van der Waals surface area contributed by atoms with E-state index >= 15 is 0 Å². The maximum absolute atomic E-state index is 14.9. The van der Waals surface area contributed by atoms with Crippen molar-refractivity contribution >= 4 is 11.9 Å². The summed E-state index contributed by atoms with van der Waals surface area (Å²) < 4.78 is 20.3. The first-order valence-electron chi connectivity index (χ1n) is 10.9. The number of carbonyl (C=O) groups is 1. The molecule has 1 atom stereocenters. The summed E-state index contributed by atoms with van der Waals surface area (Å²) in [5, 5.41) is 21.5. The van der Waals surface area contributed by atoms with Gasteiger partial charge in [-0.05, 0) is 24.0 Å². The van der Waals surface area contributed by atoms with Crippen molar-refractivity contribution in [1.82, 2.24) is 40.5 Å². The van der Waals surface area contributed by atoms with Crippen LogP contribution >= 0.6 is 0 Å². The van der Waals surface area contributed by atoms with Crippen molar-refractivity contribution in [2.75, 3.05) is 11.9 Å². The lowest BCUT2D eigenvalue weighted by Gasteiger charge is -2.25. The molecule has 34 heavy (non-hydrogen) atoms. The van der Waals surface area contributed by atoms with Gasteiger partial charge < -0.3 is 14.6 Å². The van der Waals surface area contributed by atoms with E-state index in [1.54, 1.807) is 0 Å². The van der Waals surface area contributed by atoms with Gasteiger partial charge in [0.2, 0.25) is 5.95 Å². The second-order valence-corrected chi connectivity index (χ2v) is 8.35. The summed E-state index contributed by atoms with van der Waals surface area (Å²) in [6.45, 7) is 0.522. The molecule has 4 heterocycles. The Bertz CT molecular complexity index is 1310. The third-order valence-electron chi connectivity index (χ3n) is 6.13. The first-order chi connectivity index (χ1) is 16.6. The number of aromatic nitrogens is 7. The van der Waals surface area contributed by atoms with E-state index in [4.69, 9.17) is 4.42 Å². The highest BCUT2D eigenvalue weighted by atomic mass is 19.1. The van der Waals surface area contributed by atoms with Crippen molar-refractivity contribution in [3.63, 3.8) is 0 Å². The zero-order valence-electron chi connectivity index (χ0n) is 18.0. The molecule has 4 aromatic rings. The number of fused-ring (bicyclic) bond motifs is 2. The highest BCUT2D eigenvalue weighted by Gasteiger charge is 2.33. The van der Waals surface area contributed by atoms with Crippen molar-refractivity contribution in [3.05, 3.63) is 65.1 Å². The zero-order chi connectivity index (χ0) is 23.1. The number of anilines is 1. The minimum absolute atomic E-state index is 0.0442. The molecule has 0 spiro atoms. The minimum atomic E-state index is -2.07. The highest BCUT2D eigenvalue weighted by molar-refractivity contribution is 5.81. The number of nitrogens with one attached hydrogen (secondary N) is 2. The molecule has 0 radical (unpaired) electrons. The number of alkyl halides is 1. The number of hydrogen-bond donors (Lipinski definition) is 2. The van der Waals surface area contributed by atoms with E-state index in [2.05, 4.69) is 53.0 Å². The predicted octanol–water partition coefficient (Wildman–Crippen LogP) is 1.82. The van der Waals surface area contributed by atoms with Crippen molar-refractivity contribution in [3.8, 4) is 11.5 Å². The minimum Gasteiger partial charge on any atom is -0.417 e. The summed E-state index contributed by atoms with van der Waals surface area (Å²) in [5.41, 5.74) is 4.51. The Morgan fingerprint density at radius 3 is 2.62 bits per heavy atom. The normalized spacial score (nSPS) is 16.2. The van der Waals surface area contributed by atoms with Gasteiger partial charge in [-0.25, -0.2) is 14.4 Å². The van der Waals surface area contributed by atoms with Gasteiger partial charge in [-0.15, -0.1) is 10.2 Å². The number of amides is 1. The van der Waals surface area contributed by atoms with Crippen LogP contribution in [0.25, 0.3) is 11.5 Å². The molecule has 1 aromatic carbocycles. The number of nitrogens with zero attached hydrogens (tertiary/aromatic N) is 7. The van der Waals surface area contributed by atoms with E-state index in [1.165, 1.54) is 28.4 Å². The summed E-state index contributed by atoms with van der Waals surface area (Å²) in [5.74, 6) is -0.631. The van der Waals surface area contributed by atoms with E-state index in [9.17, 15) is 9.18 Å². The second kappa shape index (κ2) is 8.28. The molecule has 1 unspecified atom stereocenters. The fourth-order valence-corrected chi connectivity index (χ4v) is 4.37. The van der Waals surface area contributed by atoms with E-state index < -0.39 is 18.0 Å². The fourth-order valence-electron chi connectivity index (χ4n) is 4.37. The van der Waals surface area contributed by atoms with Crippen molar-refractivity contribution in [2.24, 2.45) is 0 Å². The topological polar surface area (TPSA) is 139 Å². The zero-order valence-corrected chi connectivity index (χ0v) is 18.0. The van der Waals surface area contributed by atoms with Crippen molar-refractivity contribution in [1.29, 1.82) is 0 Å². The lowest BCUT2D eigenvalue weighted by Crippen LogP contribution is -2.38. The molecule has 0 saturated carbocycles. The molecule has 172 valence electrons. The lowest BCUT2D eigenvalue weighted by molar-refractivity contribution is -0.138. The summed E-state index contributed by atoms with van der Waals surface area (Å²) in [7, 11) is 0. The van der Waals surface area contributed by atoms with Gasteiger partial charge in [-0.3, -0.25) is 4.79 Å². The van der Waals surface area contributed by atoms with Gasteiger partial charge >= 0.3 is 0 Å². The Kier molecular flexibility index (Phi) is 4.97. The van der Waals surface area contributed by atoms with Gasteiger partial charge in [0, 0.05) is 31.4 Å². The monoisotopic (exact) mass is 461 g/mol. The molecule has 6 rings (SSSR count). The van der Waals surface area contributed by atoms with Crippen LogP contribution in [0.1, 0.15) is 34.6 Å². The Labute approximate surface area is 192 Å². The molecule has 1 aliphatic carbocycles. The molecule has 0 saturated heterocycles. The molecule has 1 aliphatic heterocycles. The van der Waals surface area contributed by atoms with Crippen LogP contribution in [0.2, 0.25) is 0 Å². The average Bonchev–Trinajstić information content (AvgIpc) is 3.62. The predicted molar refractivity (Wildman–Crippen MR) is 116 cm³/mol. The van der Waals surface area contributed by atoms with E-state index in [0.29, 0.717) is 30.2 Å². The van der Waals surface area contributed by atoms with Gasteiger partial charge in [0.25, 0.3) is 23.9 Å². The van der Waals surface area contributed by atoms with Crippen LogP contribution < -0.4 is 5.32 Å². The number of H-pyrrole nitrogens is 1. The highest BCUT2D eigenvalue weighted by Crippen LogP contribution is 2.27. The molecule has 12 heteroatoms. The molecular formula is C22H20FN9O2. The number of hydrogen-bond acceptors (Lipinski definition) is 9. The first kappa shape index (κ1) is 20.4. The van der Waals surface area contributed by atoms with Gasteiger partial charge in [-0.2, -0.15) is 15.4 Å². The van der Waals surface area contributed by atoms with Gasteiger partial charge in [-0.1, -0.05) is 24.3 Å². The van der Waals surface area contributed by atoms with E-state index in [0.717, 1.165) is 18.5 Å². The molecule has 11 nitrogen and oxygen atoms in total. The molecule has 3 aromatic heterocycles. The summed E-state index contributed by atoms with van der Waals surface area (Å²) >= 11 is 0. The second-order valence-electron chi connectivity index (χ2n) is 8.35. The van der Waals surface area contributed by atoms with Crippen LogP contribution in [-0.2, 0) is 30.6 Å². The largest absolute Gasteiger partial charge is 0.417 e. The number of aromatic amines is 1. The van der Waals surface area contributed by atoms with Crippen LogP contribution in [0.15, 0.2) is 41.1 Å².